The maximum Gasteiger partial charge on any atom is 0.303 e. The zero-order valence-corrected chi connectivity index (χ0v) is 9.00. The first-order chi connectivity index (χ1) is 7.77. The van der Waals surface area contributed by atoms with Crippen LogP contribution in [0.25, 0.3) is 0 Å². The number of ether oxygens (including phenoxy) is 1. The molecule has 2 unspecified atom stereocenters. The fourth-order valence-electron chi connectivity index (χ4n) is 1.67. The quantitative estimate of drug-likeness (QED) is 0.731. The van der Waals surface area contributed by atoms with Crippen molar-refractivity contribution in [1.29, 1.82) is 0 Å². The molecule has 16 heavy (non-hydrogen) atoms. The standard InChI is InChI=1S/C12H13NO3/c1-9(14)15-12(11-7-8-13-16-11)10-5-3-2-4-6-10/h2-6,8,11-12H,7H2,1H3. The zero-order valence-electron chi connectivity index (χ0n) is 9.00. The summed E-state index contributed by atoms with van der Waals surface area (Å²) < 4.78 is 5.28. The van der Waals surface area contributed by atoms with Crippen LogP contribution < -0.4 is 0 Å². The van der Waals surface area contributed by atoms with Gasteiger partial charge in [0.25, 0.3) is 0 Å². The third kappa shape index (κ3) is 2.39. The van der Waals surface area contributed by atoms with Gasteiger partial charge >= 0.3 is 5.97 Å². The van der Waals surface area contributed by atoms with Crippen LogP contribution in [0.3, 0.4) is 0 Å². The van der Waals surface area contributed by atoms with Gasteiger partial charge in [-0.3, -0.25) is 4.79 Å². The van der Waals surface area contributed by atoms with E-state index in [9.17, 15) is 4.79 Å². The van der Waals surface area contributed by atoms with Gasteiger partial charge in [-0.05, 0) is 5.56 Å². The number of benzene rings is 1. The molecule has 4 nitrogen and oxygen atoms in total. The van der Waals surface area contributed by atoms with E-state index in [4.69, 9.17) is 9.57 Å². The van der Waals surface area contributed by atoms with Crippen LogP contribution in [-0.4, -0.2) is 18.3 Å². The number of carbonyl (C=O) groups is 1. The van der Waals surface area contributed by atoms with Crippen LogP contribution in [0.1, 0.15) is 25.0 Å². The van der Waals surface area contributed by atoms with Crippen LogP contribution in [0.2, 0.25) is 0 Å². The Labute approximate surface area is 93.9 Å². The lowest BCUT2D eigenvalue weighted by atomic mass is 10.0. The molecule has 0 aliphatic carbocycles. The third-order valence-electron chi connectivity index (χ3n) is 2.37. The smallest absolute Gasteiger partial charge is 0.303 e. The van der Waals surface area contributed by atoms with Crippen LogP contribution >= 0.6 is 0 Å². The Balaban J connectivity index is 2.17. The van der Waals surface area contributed by atoms with Gasteiger partial charge < -0.3 is 9.57 Å². The summed E-state index contributed by atoms with van der Waals surface area (Å²) in [5.41, 5.74) is 0.924. The molecule has 0 amide bonds. The number of hydrogen-bond donors (Lipinski definition) is 0. The van der Waals surface area contributed by atoms with Crippen molar-refractivity contribution in [3.8, 4) is 0 Å². The van der Waals surface area contributed by atoms with Crippen LogP contribution in [0, 0.1) is 0 Å². The van der Waals surface area contributed by atoms with Crippen molar-refractivity contribution >= 4 is 12.2 Å². The van der Waals surface area contributed by atoms with Crippen molar-refractivity contribution in [2.24, 2.45) is 5.16 Å². The van der Waals surface area contributed by atoms with Crippen molar-refractivity contribution < 1.29 is 14.4 Å². The van der Waals surface area contributed by atoms with Gasteiger partial charge in [0.2, 0.25) is 0 Å². The number of hydrogen-bond acceptors (Lipinski definition) is 4. The summed E-state index contributed by atoms with van der Waals surface area (Å²) in [6.07, 6.45) is 1.74. The lowest BCUT2D eigenvalue weighted by molar-refractivity contribution is -0.154. The molecule has 0 saturated heterocycles. The van der Waals surface area contributed by atoms with Crippen LogP contribution in [0.4, 0.5) is 0 Å². The second-order valence-corrected chi connectivity index (χ2v) is 3.61. The predicted octanol–water partition coefficient (Wildman–Crippen LogP) is 2.07. The second-order valence-electron chi connectivity index (χ2n) is 3.61. The molecule has 0 radical (unpaired) electrons. The number of carbonyl (C=O) groups excluding carboxylic acids is 1. The van der Waals surface area contributed by atoms with Gasteiger partial charge in [-0.2, -0.15) is 0 Å². The molecule has 2 atom stereocenters. The van der Waals surface area contributed by atoms with Crippen molar-refractivity contribution in [3.63, 3.8) is 0 Å². The first-order valence-corrected chi connectivity index (χ1v) is 5.17. The minimum absolute atomic E-state index is 0.216. The Hall–Kier alpha value is -1.84. The highest BCUT2D eigenvalue weighted by atomic mass is 16.7. The SMILES string of the molecule is CC(=O)OC(c1ccccc1)C1CC=NO1. The first kappa shape index (κ1) is 10.7. The van der Waals surface area contributed by atoms with Crippen LogP contribution in [0.15, 0.2) is 35.5 Å². The van der Waals surface area contributed by atoms with Gasteiger partial charge in [-0.15, -0.1) is 0 Å². The minimum Gasteiger partial charge on any atom is -0.454 e. The molecule has 0 bridgehead atoms. The van der Waals surface area contributed by atoms with Crippen LogP contribution in [-0.2, 0) is 14.4 Å². The number of esters is 1. The highest BCUT2D eigenvalue weighted by Crippen LogP contribution is 2.27. The Morgan fingerprint density at radius 2 is 2.25 bits per heavy atom. The molecular formula is C12H13NO3. The van der Waals surface area contributed by atoms with E-state index < -0.39 is 0 Å². The molecular weight excluding hydrogens is 206 g/mol. The molecule has 84 valence electrons. The fraction of sp³-hybridized carbons (Fsp3) is 0.333. The van der Waals surface area contributed by atoms with Crippen molar-refractivity contribution in [1.82, 2.24) is 0 Å². The van der Waals surface area contributed by atoms with Crippen LogP contribution in [0.5, 0.6) is 0 Å². The fourth-order valence-corrected chi connectivity index (χ4v) is 1.67. The summed E-state index contributed by atoms with van der Waals surface area (Å²) in [5, 5.41) is 3.70. The average Bonchev–Trinajstić information content (AvgIpc) is 2.80. The van der Waals surface area contributed by atoms with Gasteiger partial charge in [0.05, 0.1) is 0 Å². The largest absolute Gasteiger partial charge is 0.454 e. The van der Waals surface area contributed by atoms with E-state index in [0.29, 0.717) is 6.42 Å². The summed E-state index contributed by atoms with van der Waals surface area (Å²) in [5.74, 6) is -0.315. The van der Waals surface area contributed by atoms with E-state index >= 15 is 0 Å². The molecule has 2 rings (SSSR count). The Bertz CT molecular complexity index is 381. The molecule has 1 aromatic carbocycles. The topological polar surface area (TPSA) is 47.9 Å². The maximum absolute atomic E-state index is 11.1. The van der Waals surface area contributed by atoms with Gasteiger partial charge in [0.15, 0.2) is 12.2 Å². The highest BCUT2D eigenvalue weighted by Gasteiger charge is 2.29. The minimum atomic E-state index is -0.388. The Kier molecular flexibility index (Phi) is 3.19. The molecule has 0 N–H and O–H groups in total. The van der Waals surface area contributed by atoms with E-state index in [1.165, 1.54) is 6.92 Å². The van der Waals surface area contributed by atoms with Crippen molar-refractivity contribution in [3.05, 3.63) is 35.9 Å². The molecule has 0 aromatic heterocycles. The van der Waals surface area contributed by atoms with Crippen molar-refractivity contribution in [2.45, 2.75) is 25.6 Å². The second kappa shape index (κ2) is 4.79. The Morgan fingerprint density at radius 1 is 1.50 bits per heavy atom. The highest BCUT2D eigenvalue weighted by molar-refractivity contribution is 5.66. The summed E-state index contributed by atoms with van der Waals surface area (Å²) >= 11 is 0. The average molecular weight is 219 g/mol. The molecule has 1 aliphatic heterocycles. The van der Waals surface area contributed by atoms with E-state index in [2.05, 4.69) is 5.16 Å². The first-order valence-electron chi connectivity index (χ1n) is 5.17. The van der Waals surface area contributed by atoms with E-state index in [1.54, 1.807) is 6.21 Å². The summed E-state index contributed by atoms with van der Waals surface area (Å²) in [4.78, 5) is 16.2. The van der Waals surface area contributed by atoms with Gasteiger partial charge in [-0.25, -0.2) is 0 Å². The molecule has 0 spiro atoms. The van der Waals surface area contributed by atoms with E-state index in [-0.39, 0.29) is 18.2 Å². The normalized spacial score (nSPS) is 20.2. The van der Waals surface area contributed by atoms with Crippen molar-refractivity contribution in [2.75, 3.05) is 0 Å². The van der Waals surface area contributed by atoms with Gasteiger partial charge in [-0.1, -0.05) is 35.5 Å². The molecule has 1 aliphatic rings. The summed E-state index contributed by atoms with van der Waals surface area (Å²) in [6, 6.07) is 9.55. The molecule has 1 aromatic rings. The molecule has 0 saturated carbocycles. The number of rotatable bonds is 3. The van der Waals surface area contributed by atoms with E-state index in [0.717, 1.165) is 5.56 Å². The van der Waals surface area contributed by atoms with E-state index in [1.807, 2.05) is 30.3 Å². The third-order valence-corrected chi connectivity index (χ3v) is 2.37. The molecule has 1 heterocycles. The summed E-state index contributed by atoms with van der Waals surface area (Å²) in [6.45, 7) is 1.39. The number of nitrogens with zero attached hydrogens (tertiary/aromatic N) is 1. The monoisotopic (exact) mass is 219 g/mol. The molecule has 4 heteroatoms. The Morgan fingerprint density at radius 3 is 2.81 bits per heavy atom. The zero-order chi connectivity index (χ0) is 11.4. The maximum atomic E-state index is 11.1. The lowest BCUT2D eigenvalue weighted by Gasteiger charge is -2.21. The van der Waals surface area contributed by atoms with Gasteiger partial charge in [0, 0.05) is 19.6 Å². The molecule has 0 fully saturated rings. The predicted molar refractivity (Wildman–Crippen MR) is 58.9 cm³/mol. The lowest BCUT2D eigenvalue weighted by Crippen LogP contribution is -2.22. The summed E-state index contributed by atoms with van der Waals surface area (Å²) in [7, 11) is 0. The van der Waals surface area contributed by atoms with Gasteiger partial charge in [0.1, 0.15) is 0 Å². The number of oxime groups is 1.